The lowest BCUT2D eigenvalue weighted by Gasteiger charge is -2.31. The maximum Gasteiger partial charge on any atom is 0.289 e. The highest BCUT2D eigenvalue weighted by Gasteiger charge is 2.28. The van der Waals surface area contributed by atoms with Crippen LogP contribution in [0.1, 0.15) is 29.8 Å². The minimum absolute atomic E-state index is 0.116. The minimum Gasteiger partial charge on any atom is -0.459 e. The standard InChI is InChI=1S/C23H30N4O6S/c1-25(23(29)21-6-5-13-33-21)17-22(28)24-19-16-18(34(30,31)27-11-14-32-15-12-27)7-8-20(19)26-9-3-2-4-10-26/h5-8,13,16H,2-4,9-12,14-15,17H2,1H3,(H,24,28). The summed E-state index contributed by atoms with van der Waals surface area (Å²) in [6.07, 6.45) is 4.59. The number of nitrogens with zero attached hydrogens (tertiary/aromatic N) is 3. The molecule has 2 aromatic rings. The van der Waals surface area contributed by atoms with Crippen LogP contribution in [-0.2, 0) is 19.6 Å². The quantitative estimate of drug-likeness (QED) is 0.632. The maximum atomic E-state index is 13.2. The van der Waals surface area contributed by atoms with Crippen molar-refractivity contribution >= 4 is 33.2 Å². The van der Waals surface area contributed by atoms with Crippen molar-refractivity contribution in [3.63, 3.8) is 0 Å². The number of carbonyl (C=O) groups is 2. The fourth-order valence-electron chi connectivity index (χ4n) is 4.19. The van der Waals surface area contributed by atoms with Gasteiger partial charge in [-0.1, -0.05) is 0 Å². The highest BCUT2D eigenvalue weighted by molar-refractivity contribution is 7.89. The molecular formula is C23H30N4O6S. The summed E-state index contributed by atoms with van der Waals surface area (Å²) in [5, 5.41) is 2.84. The van der Waals surface area contributed by atoms with Crippen LogP contribution in [-0.4, -0.2) is 82.4 Å². The van der Waals surface area contributed by atoms with Gasteiger partial charge < -0.3 is 24.3 Å². The third-order valence-corrected chi connectivity index (χ3v) is 7.90. The number of benzene rings is 1. The van der Waals surface area contributed by atoms with Crippen molar-refractivity contribution in [1.29, 1.82) is 0 Å². The molecule has 2 aliphatic rings. The molecule has 0 bridgehead atoms. The number of sulfonamides is 1. The third kappa shape index (κ3) is 5.43. The Morgan fingerprint density at radius 1 is 1.06 bits per heavy atom. The van der Waals surface area contributed by atoms with Crippen molar-refractivity contribution in [3.05, 3.63) is 42.4 Å². The third-order valence-electron chi connectivity index (χ3n) is 6.01. The molecule has 0 atom stereocenters. The number of ether oxygens (including phenoxy) is 1. The molecule has 1 N–H and O–H groups in total. The Balaban J connectivity index is 1.57. The molecule has 0 saturated carbocycles. The van der Waals surface area contributed by atoms with Crippen molar-refractivity contribution < 1.29 is 27.2 Å². The van der Waals surface area contributed by atoms with Gasteiger partial charge in [0.05, 0.1) is 42.3 Å². The van der Waals surface area contributed by atoms with Gasteiger partial charge in [-0.3, -0.25) is 9.59 Å². The maximum absolute atomic E-state index is 13.2. The lowest BCUT2D eigenvalue weighted by molar-refractivity contribution is -0.116. The van der Waals surface area contributed by atoms with E-state index in [1.54, 1.807) is 18.2 Å². The SMILES string of the molecule is CN(CC(=O)Nc1cc(S(=O)(=O)N2CCOCC2)ccc1N1CCCCC1)C(=O)c1ccco1. The molecule has 10 nitrogen and oxygen atoms in total. The number of hydrogen-bond acceptors (Lipinski definition) is 7. The first-order valence-corrected chi connectivity index (χ1v) is 12.9. The van der Waals surface area contributed by atoms with E-state index in [1.807, 2.05) is 0 Å². The second-order valence-corrected chi connectivity index (χ2v) is 10.4. The van der Waals surface area contributed by atoms with Gasteiger partial charge >= 0.3 is 0 Å². The Morgan fingerprint density at radius 3 is 2.47 bits per heavy atom. The van der Waals surface area contributed by atoms with Gasteiger partial charge in [0.15, 0.2) is 5.76 Å². The molecule has 0 unspecified atom stereocenters. The largest absolute Gasteiger partial charge is 0.459 e. The molecule has 11 heteroatoms. The van der Waals surface area contributed by atoms with Gasteiger partial charge in [0.1, 0.15) is 0 Å². The average molecular weight is 491 g/mol. The summed E-state index contributed by atoms with van der Waals surface area (Å²) in [5.74, 6) is -0.704. The monoisotopic (exact) mass is 490 g/mol. The van der Waals surface area contributed by atoms with Crippen LogP contribution >= 0.6 is 0 Å². The molecule has 184 valence electrons. The number of nitrogens with one attached hydrogen (secondary N) is 1. The number of rotatable bonds is 7. The summed E-state index contributed by atoms with van der Waals surface area (Å²) >= 11 is 0. The molecule has 4 rings (SSSR count). The predicted octanol–water partition coefficient (Wildman–Crippen LogP) is 2.00. The minimum atomic E-state index is -3.73. The fraction of sp³-hybridized carbons (Fsp3) is 0.478. The summed E-state index contributed by atoms with van der Waals surface area (Å²) in [6, 6.07) is 8.00. The van der Waals surface area contributed by atoms with Crippen LogP contribution in [0.5, 0.6) is 0 Å². The zero-order valence-electron chi connectivity index (χ0n) is 19.2. The van der Waals surface area contributed by atoms with Gasteiger partial charge in [-0.15, -0.1) is 0 Å². The molecule has 34 heavy (non-hydrogen) atoms. The van der Waals surface area contributed by atoms with E-state index in [-0.39, 0.29) is 30.3 Å². The number of piperidine rings is 1. The van der Waals surface area contributed by atoms with Crippen molar-refractivity contribution in [2.75, 3.05) is 63.2 Å². The van der Waals surface area contributed by atoms with Gasteiger partial charge in [0, 0.05) is 33.2 Å². The topological polar surface area (TPSA) is 112 Å². The lowest BCUT2D eigenvalue weighted by atomic mass is 10.1. The highest BCUT2D eigenvalue weighted by Crippen LogP contribution is 2.32. The number of morpholine rings is 1. The number of hydrogen-bond donors (Lipinski definition) is 1. The molecule has 2 fully saturated rings. The first kappa shape index (κ1) is 24.2. The summed E-state index contributed by atoms with van der Waals surface area (Å²) in [6.45, 7) is 2.73. The molecular weight excluding hydrogens is 460 g/mol. The van der Waals surface area contributed by atoms with E-state index in [9.17, 15) is 18.0 Å². The van der Waals surface area contributed by atoms with Gasteiger partial charge in [-0.25, -0.2) is 8.42 Å². The van der Waals surface area contributed by atoms with Crippen molar-refractivity contribution in [3.8, 4) is 0 Å². The average Bonchev–Trinajstić information content (AvgIpc) is 3.39. The number of carbonyl (C=O) groups excluding carboxylic acids is 2. The molecule has 0 spiro atoms. The zero-order chi connectivity index (χ0) is 24.1. The van der Waals surface area contributed by atoms with Crippen molar-refractivity contribution in [2.45, 2.75) is 24.2 Å². The van der Waals surface area contributed by atoms with E-state index >= 15 is 0 Å². The Bertz CT molecular complexity index is 1110. The Morgan fingerprint density at radius 2 is 1.79 bits per heavy atom. The Hall–Kier alpha value is -2.89. The fourth-order valence-corrected chi connectivity index (χ4v) is 5.62. The number of anilines is 2. The van der Waals surface area contributed by atoms with Crippen LogP contribution in [0.15, 0.2) is 45.9 Å². The van der Waals surface area contributed by atoms with Crippen LogP contribution in [0.4, 0.5) is 11.4 Å². The van der Waals surface area contributed by atoms with Crippen LogP contribution in [0.3, 0.4) is 0 Å². The Kier molecular flexibility index (Phi) is 7.54. The normalized spacial score (nSPS) is 17.4. The molecule has 2 amide bonds. The molecule has 1 aromatic heterocycles. The smallest absolute Gasteiger partial charge is 0.289 e. The van der Waals surface area contributed by atoms with Gasteiger partial charge in [0.2, 0.25) is 15.9 Å². The number of amides is 2. The van der Waals surface area contributed by atoms with Crippen LogP contribution in [0, 0.1) is 0 Å². The molecule has 0 radical (unpaired) electrons. The van der Waals surface area contributed by atoms with E-state index in [2.05, 4.69) is 10.2 Å². The summed E-state index contributed by atoms with van der Waals surface area (Å²) in [4.78, 5) is 28.8. The van der Waals surface area contributed by atoms with Crippen molar-refractivity contribution in [1.82, 2.24) is 9.21 Å². The molecule has 2 aliphatic heterocycles. The first-order chi connectivity index (χ1) is 16.4. The van der Waals surface area contributed by atoms with E-state index in [0.29, 0.717) is 18.9 Å². The second kappa shape index (κ2) is 10.6. The van der Waals surface area contributed by atoms with E-state index in [1.165, 1.54) is 34.6 Å². The summed E-state index contributed by atoms with van der Waals surface area (Å²) in [7, 11) is -2.22. The van der Waals surface area contributed by atoms with E-state index < -0.39 is 21.8 Å². The van der Waals surface area contributed by atoms with Crippen LogP contribution in [0.2, 0.25) is 0 Å². The van der Waals surface area contributed by atoms with E-state index in [4.69, 9.17) is 9.15 Å². The second-order valence-electron chi connectivity index (χ2n) is 8.43. The summed E-state index contributed by atoms with van der Waals surface area (Å²) < 4.78 is 38.2. The van der Waals surface area contributed by atoms with Crippen molar-refractivity contribution in [2.24, 2.45) is 0 Å². The number of furan rings is 1. The van der Waals surface area contributed by atoms with Crippen LogP contribution in [0.25, 0.3) is 0 Å². The van der Waals surface area contributed by atoms with Gasteiger partial charge in [0.25, 0.3) is 5.91 Å². The molecule has 1 aromatic carbocycles. The van der Waals surface area contributed by atoms with Gasteiger partial charge in [-0.2, -0.15) is 4.31 Å². The summed E-state index contributed by atoms with van der Waals surface area (Å²) in [5.41, 5.74) is 1.19. The highest BCUT2D eigenvalue weighted by atomic mass is 32.2. The first-order valence-electron chi connectivity index (χ1n) is 11.4. The van der Waals surface area contributed by atoms with Gasteiger partial charge in [-0.05, 0) is 49.6 Å². The lowest BCUT2D eigenvalue weighted by Crippen LogP contribution is -2.40. The van der Waals surface area contributed by atoms with E-state index in [0.717, 1.165) is 38.0 Å². The Labute approximate surface area is 199 Å². The zero-order valence-corrected chi connectivity index (χ0v) is 20.1. The number of likely N-dealkylation sites (N-methyl/N-ethyl adjacent to an activating group) is 1. The molecule has 3 heterocycles. The predicted molar refractivity (Wildman–Crippen MR) is 126 cm³/mol. The molecule has 0 aliphatic carbocycles. The molecule has 2 saturated heterocycles. The van der Waals surface area contributed by atoms with Crippen LogP contribution < -0.4 is 10.2 Å².